The van der Waals surface area contributed by atoms with Crippen molar-refractivity contribution in [1.29, 1.82) is 0 Å². The first-order valence-electron chi connectivity index (χ1n) is 6.42. The Hall–Kier alpha value is -2.77. The lowest BCUT2D eigenvalue weighted by molar-refractivity contribution is 0.0691. The van der Waals surface area contributed by atoms with Crippen molar-refractivity contribution in [2.24, 2.45) is 0 Å². The number of carboxylic acids is 1. The van der Waals surface area contributed by atoms with E-state index < -0.39 is 30.2 Å². The molecule has 0 saturated heterocycles. The summed E-state index contributed by atoms with van der Waals surface area (Å²) in [6.07, 6.45) is -1.57. The molecule has 114 valence electrons. The number of halogens is 2. The van der Waals surface area contributed by atoms with Gasteiger partial charge in [0.2, 0.25) is 0 Å². The molecule has 2 aromatic heterocycles. The molecule has 0 aliphatic heterocycles. The lowest BCUT2D eigenvalue weighted by Gasteiger charge is -2.12. The SMILES string of the molecule is Cc1ccc2c(c1)c(=O)n(CC(F)F)c1c(C(=O)O)ncn21. The molecular weight excluding hydrogens is 296 g/mol. The van der Waals surface area contributed by atoms with Crippen molar-refractivity contribution < 1.29 is 18.7 Å². The molecule has 0 aliphatic carbocycles. The van der Waals surface area contributed by atoms with E-state index in [1.165, 1.54) is 10.7 Å². The molecule has 0 atom stereocenters. The van der Waals surface area contributed by atoms with Crippen LogP contribution in [0.3, 0.4) is 0 Å². The quantitative estimate of drug-likeness (QED) is 0.802. The Morgan fingerprint density at radius 2 is 2.14 bits per heavy atom. The number of imidazole rings is 1. The minimum atomic E-state index is -2.79. The van der Waals surface area contributed by atoms with Crippen LogP contribution in [0.1, 0.15) is 16.1 Å². The van der Waals surface area contributed by atoms with Crippen molar-refractivity contribution in [3.63, 3.8) is 0 Å². The number of hydrogen-bond acceptors (Lipinski definition) is 3. The number of aromatic nitrogens is 3. The van der Waals surface area contributed by atoms with E-state index >= 15 is 0 Å². The van der Waals surface area contributed by atoms with Crippen LogP contribution in [0.5, 0.6) is 0 Å². The standard InChI is InChI=1S/C14H11F2N3O3/c1-7-2-3-9-8(4-7)13(20)18(5-10(15)16)12-11(14(21)22)17-6-19(9)12/h2-4,6,10H,5H2,1H3,(H,21,22). The van der Waals surface area contributed by atoms with Gasteiger partial charge in [0.05, 0.1) is 17.4 Å². The van der Waals surface area contributed by atoms with Crippen molar-refractivity contribution in [3.05, 3.63) is 46.1 Å². The average Bonchev–Trinajstić information content (AvgIpc) is 2.88. The Labute approximate surface area is 122 Å². The summed E-state index contributed by atoms with van der Waals surface area (Å²) in [5.74, 6) is -1.38. The van der Waals surface area contributed by atoms with Crippen LogP contribution in [-0.4, -0.2) is 31.5 Å². The fourth-order valence-corrected chi connectivity index (χ4v) is 2.51. The van der Waals surface area contributed by atoms with Crippen LogP contribution in [0.15, 0.2) is 29.3 Å². The highest BCUT2D eigenvalue weighted by molar-refractivity contribution is 5.94. The van der Waals surface area contributed by atoms with Gasteiger partial charge in [-0.15, -0.1) is 0 Å². The summed E-state index contributed by atoms with van der Waals surface area (Å²) < 4.78 is 27.7. The van der Waals surface area contributed by atoms with E-state index in [-0.39, 0.29) is 11.0 Å². The van der Waals surface area contributed by atoms with Crippen LogP contribution < -0.4 is 5.56 Å². The van der Waals surface area contributed by atoms with E-state index in [0.29, 0.717) is 5.52 Å². The van der Waals surface area contributed by atoms with E-state index in [2.05, 4.69) is 4.98 Å². The first-order valence-corrected chi connectivity index (χ1v) is 6.42. The zero-order valence-electron chi connectivity index (χ0n) is 11.5. The Morgan fingerprint density at radius 3 is 2.77 bits per heavy atom. The molecule has 0 aliphatic rings. The predicted octanol–water partition coefficient (Wildman–Crippen LogP) is 1.92. The summed E-state index contributed by atoms with van der Waals surface area (Å²) in [5, 5.41) is 9.40. The van der Waals surface area contributed by atoms with Crippen LogP contribution in [-0.2, 0) is 6.54 Å². The maximum Gasteiger partial charge on any atom is 0.358 e. The predicted molar refractivity (Wildman–Crippen MR) is 74.7 cm³/mol. The van der Waals surface area contributed by atoms with Crippen molar-refractivity contribution in [2.75, 3.05) is 0 Å². The molecule has 0 amide bonds. The smallest absolute Gasteiger partial charge is 0.358 e. The number of rotatable bonds is 3. The normalized spacial score (nSPS) is 11.6. The monoisotopic (exact) mass is 307 g/mol. The molecule has 8 heteroatoms. The largest absolute Gasteiger partial charge is 0.476 e. The number of benzene rings is 1. The van der Waals surface area contributed by atoms with Gasteiger partial charge in [-0.05, 0) is 19.1 Å². The number of aryl methyl sites for hydroxylation is 1. The first kappa shape index (κ1) is 14.2. The molecule has 3 rings (SSSR count). The minimum Gasteiger partial charge on any atom is -0.476 e. The Bertz CT molecular complexity index is 959. The highest BCUT2D eigenvalue weighted by Crippen LogP contribution is 2.18. The second-order valence-electron chi connectivity index (χ2n) is 4.92. The Balaban J connectivity index is 2.54. The second-order valence-corrected chi connectivity index (χ2v) is 4.92. The number of hydrogen-bond donors (Lipinski definition) is 1. The molecule has 22 heavy (non-hydrogen) atoms. The van der Waals surface area contributed by atoms with Gasteiger partial charge in [0.25, 0.3) is 12.0 Å². The molecule has 0 radical (unpaired) electrons. The van der Waals surface area contributed by atoms with Gasteiger partial charge in [-0.25, -0.2) is 18.6 Å². The molecule has 6 nitrogen and oxygen atoms in total. The molecule has 2 heterocycles. The molecule has 1 aromatic carbocycles. The summed E-state index contributed by atoms with van der Waals surface area (Å²) in [7, 11) is 0. The molecule has 0 fully saturated rings. The van der Waals surface area contributed by atoms with Crippen molar-refractivity contribution >= 4 is 22.5 Å². The summed E-state index contributed by atoms with van der Waals surface area (Å²) in [5.41, 5.74) is -0.00823. The van der Waals surface area contributed by atoms with Crippen molar-refractivity contribution in [1.82, 2.24) is 14.0 Å². The van der Waals surface area contributed by atoms with Gasteiger partial charge in [-0.1, -0.05) is 11.6 Å². The van der Waals surface area contributed by atoms with Gasteiger partial charge in [0.15, 0.2) is 11.3 Å². The number of carboxylic acid groups (broad SMARTS) is 1. The maximum atomic E-state index is 12.8. The number of alkyl halides is 2. The summed E-state index contributed by atoms with van der Waals surface area (Å²) in [6.45, 7) is 0.884. The fourth-order valence-electron chi connectivity index (χ4n) is 2.51. The number of aromatic carboxylic acids is 1. The van der Waals surface area contributed by atoms with E-state index in [1.807, 2.05) is 0 Å². The lowest BCUT2D eigenvalue weighted by atomic mass is 10.1. The third-order valence-corrected chi connectivity index (χ3v) is 3.41. The van der Waals surface area contributed by atoms with Gasteiger partial charge in [-0.3, -0.25) is 13.8 Å². The number of nitrogens with zero attached hydrogens (tertiary/aromatic N) is 3. The van der Waals surface area contributed by atoms with Crippen LogP contribution in [0.25, 0.3) is 16.6 Å². The average molecular weight is 307 g/mol. The van der Waals surface area contributed by atoms with Crippen LogP contribution in [0.4, 0.5) is 8.78 Å². The van der Waals surface area contributed by atoms with Gasteiger partial charge in [0, 0.05) is 0 Å². The number of fused-ring (bicyclic) bond motifs is 3. The summed E-state index contributed by atoms with van der Waals surface area (Å²) in [6, 6.07) is 4.97. The van der Waals surface area contributed by atoms with Gasteiger partial charge in [-0.2, -0.15) is 0 Å². The molecule has 3 aromatic rings. The molecule has 0 spiro atoms. The second kappa shape index (κ2) is 4.90. The zero-order valence-corrected chi connectivity index (χ0v) is 11.5. The topological polar surface area (TPSA) is 76.6 Å². The van der Waals surface area contributed by atoms with E-state index in [0.717, 1.165) is 10.1 Å². The zero-order chi connectivity index (χ0) is 16.0. The minimum absolute atomic E-state index is 0.144. The van der Waals surface area contributed by atoms with Crippen molar-refractivity contribution in [2.45, 2.75) is 19.9 Å². The third-order valence-electron chi connectivity index (χ3n) is 3.41. The van der Waals surface area contributed by atoms with Crippen LogP contribution in [0, 0.1) is 6.92 Å². The summed E-state index contributed by atoms with van der Waals surface area (Å²) >= 11 is 0. The molecular formula is C14H11F2N3O3. The van der Waals surface area contributed by atoms with Gasteiger partial charge < -0.3 is 5.11 Å². The van der Waals surface area contributed by atoms with E-state index in [1.54, 1.807) is 25.1 Å². The highest BCUT2D eigenvalue weighted by Gasteiger charge is 2.21. The molecule has 0 saturated carbocycles. The summed E-state index contributed by atoms with van der Waals surface area (Å²) in [4.78, 5) is 27.5. The number of carbonyl (C=O) groups is 1. The molecule has 1 N–H and O–H groups in total. The maximum absolute atomic E-state index is 12.8. The Morgan fingerprint density at radius 1 is 1.41 bits per heavy atom. The van der Waals surface area contributed by atoms with Crippen LogP contribution in [0.2, 0.25) is 0 Å². The van der Waals surface area contributed by atoms with E-state index in [4.69, 9.17) is 5.11 Å². The highest BCUT2D eigenvalue weighted by atomic mass is 19.3. The molecule has 0 bridgehead atoms. The fraction of sp³-hybridized carbons (Fsp3) is 0.214. The lowest BCUT2D eigenvalue weighted by Crippen LogP contribution is -2.26. The molecule has 0 unspecified atom stereocenters. The third kappa shape index (κ3) is 2.03. The first-order chi connectivity index (χ1) is 10.4. The van der Waals surface area contributed by atoms with Gasteiger partial charge in [0.1, 0.15) is 6.33 Å². The van der Waals surface area contributed by atoms with Crippen molar-refractivity contribution in [3.8, 4) is 0 Å². The van der Waals surface area contributed by atoms with E-state index in [9.17, 15) is 18.4 Å². The Kier molecular flexibility index (Phi) is 3.16. The van der Waals surface area contributed by atoms with Crippen LogP contribution >= 0.6 is 0 Å². The van der Waals surface area contributed by atoms with Gasteiger partial charge >= 0.3 is 5.97 Å².